The zero-order chi connectivity index (χ0) is 14.6. The Labute approximate surface area is 133 Å². The van der Waals surface area contributed by atoms with Crippen LogP contribution in [-0.4, -0.2) is 17.8 Å². The van der Waals surface area contributed by atoms with Crippen LogP contribution in [-0.2, 0) is 0 Å². The zero-order valence-corrected chi connectivity index (χ0v) is 14.4. The van der Waals surface area contributed by atoms with Crippen LogP contribution in [0, 0.1) is 5.41 Å². The number of benzene rings is 1. The summed E-state index contributed by atoms with van der Waals surface area (Å²) >= 11 is 15.4. The Morgan fingerprint density at radius 2 is 2.05 bits per heavy atom. The lowest BCUT2D eigenvalue weighted by molar-refractivity contribution is 0.0951. The molecule has 0 saturated heterocycles. The van der Waals surface area contributed by atoms with Crippen molar-refractivity contribution in [1.29, 1.82) is 0 Å². The van der Waals surface area contributed by atoms with Crippen LogP contribution in [0.1, 0.15) is 37.6 Å². The van der Waals surface area contributed by atoms with Crippen LogP contribution in [0.25, 0.3) is 0 Å². The lowest BCUT2D eigenvalue weighted by Crippen LogP contribution is -2.31. The molecule has 1 aromatic carbocycles. The van der Waals surface area contributed by atoms with Crippen molar-refractivity contribution in [3.05, 3.63) is 33.3 Å². The molecule has 1 unspecified atom stereocenters. The normalized spacial score (nSPS) is 13.2. The van der Waals surface area contributed by atoms with E-state index in [2.05, 4.69) is 42.0 Å². The second-order valence-corrected chi connectivity index (χ2v) is 7.60. The lowest BCUT2D eigenvalue weighted by atomic mass is 9.90. The molecule has 5 heteroatoms. The Bertz CT molecular complexity index is 457. The summed E-state index contributed by atoms with van der Waals surface area (Å²) in [5.41, 5.74) is 0.667. The Morgan fingerprint density at radius 1 is 1.42 bits per heavy atom. The van der Waals surface area contributed by atoms with E-state index < -0.39 is 0 Å². The average molecular weight is 367 g/mol. The fraction of sp³-hybridized carbons (Fsp3) is 0.500. The van der Waals surface area contributed by atoms with E-state index in [-0.39, 0.29) is 16.7 Å². The Hall–Kier alpha value is -0.250. The number of carbonyl (C=O) groups excluding carboxylic acids is 1. The molecule has 1 N–H and O–H groups in total. The summed E-state index contributed by atoms with van der Waals surface area (Å²) < 4.78 is 0.719. The van der Waals surface area contributed by atoms with Gasteiger partial charge in [0.05, 0.1) is 10.9 Å². The van der Waals surface area contributed by atoms with E-state index in [9.17, 15) is 4.79 Å². The smallest absolute Gasteiger partial charge is 0.252 e. The van der Waals surface area contributed by atoms with Gasteiger partial charge in [-0.05, 0) is 46.0 Å². The van der Waals surface area contributed by atoms with E-state index in [1.165, 1.54) is 0 Å². The summed E-state index contributed by atoms with van der Waals surface area (Å²) in [5.74, 6) is -0.172. The third-order valence-corrected chi connectivity index (χ3v) is 3.73. The zero-order valence-electron chi connectivity index (χ0n) is 11.3. The predicted octanol–water partition coefficient (Wildman–Crippen LogP) is 4.88. The van der Waals surface area contributed by atoms with Crippen LogP contribution in [0.3, 0.4) is 0 Å². The van der Waals surface area contributed by atoms with Gasteiger partial charge in [0.25, 0.3) is 5.91 Å². The summed E-state index contributed by atoms with van der Waals surface area (Å²) in [6, 6.07) is 5.12. The number of alkyl halides is 1. The first kappa shape index (κ1) is 16.8. The van der Waals surface area contributed by atoms with Crippen LogP contribution < -0.4 is 5.32 Å². The van der Waals surface area contributed by atoms with E-state index in [1.54, 1.807) is 18.2 Å². The molecule has 0 spiro atoms. The molecule has 0 saturated carbocycles. The number of nitrogens with one attached hydrogen (secondary N) is 1. The third-order valence-electron chi connectivity index (χ3n) is 2.49. The van der Waals surface area contributed by atoms with Gasteiger partial charge in [-0.1, -0.05) is 32.4 Å². The maximum absolute atomic E-state index is 12.0. The van der Waals surface area contributed by atoms with Gasteiger partial charge in [-0.2, -0.15) is 0 Å². The Morgan fingerprint density at radius 3 is 2.63 bits per heavy atom. The molecule has 2 nitrogen and oxygen atoms in total. The molecule has 106 valence electrons. The van der Waals surface area contributed by atoms with Crippen molar-refractivity contribution in [2.24, 2.45) is 5.41 Å². The minimum Gasteiger partial charge on any atom is -0.351 e. The largest absolute Gasteiger partial charge is 0.351 e. The fourth-order valence-electron chi connectivity index (χ4n) is 1.71. The first-order valence-electron chi connectivity index (χ1n) is 6.06. The average Bonchev–Trinajstić information content (AvgIpc) is 2.27. The molecule has 0 fully saturated rings. The van der Waals surface area contributed by atoms with E-state index in [1.807, 2.05) is 0 Å². The van der Waals surface area contributed by atoms with E-state index in [0.29, 0.717) is 17.1 Å². The van der Waals surface area contributed by atoms with Gasteiger partial charge in [-0.3, -0.25) is 4.79 Å². The summed E-state index contributed by atoms with van der Waals surface area (Å²) in [7, 11) is 0. The van der Waals surface area contributed by atoms with Crippen LogP contribution >= 0.6 is 39.1 Å². The number of carbonyl (C=O) groups is 1. The van der Waals surface area contributed by atoms with Crippen LogP contribution in [0.15, 0.2) is 22.7 Å². The number of halogens is 3. The van der Waals surface area contributed by atoms with Gasteiger partial charge in [-0.15, -0.1) is 11.6 Å². The van der Waals surface area contributed by atoms with Gasteiger partial charge < -0.3 is 5.32 Å². The van der Waals surface area contributed by atoms with Crippen LogP contribution in [0.4, 0.5) is 0 Å². The van der Waals surface area contributed by atoms with E-state index >= 15 is 0 Å². The first-order valence-corrected chi connectivity index (χ1v) is 7.67. The van der Waals surface area contributed by atoms with Crippen molar-refractivity contribution in [2.45, 2.75) is 32.6 Å². The van der Waals surface area contributed by atoms with Crippen LogP contribution in [0.5, 0.6) is 0 Å². The molecule has 0 heterocycles. The molecule has 0 aromatic heterocycles. The molecule has 1 atom stereocenters. The van der Waals surface area contributed by atoms with Crippen molar-refractivity contribution in [3.63, 3.8) is 0 Å². The topological polar surface area (TPSA) is 29.1 Å². The Kier molecular flexibility index (Phi) is 6.15. The third kappa shape index (κ3) is 6.15. The summed E-state index contributed by atoms with van der Waals surface area (Å²) in [4.78, 5) is 12.0. The van der Waals surface area contributed by atoms with Gasteiger partial charge in [0.1, 0.15) is 0 Å². The highest BCUT2D eigenvalue weighted by Crippen LogP contribution is 2.24. The molecule has 1 amide bonds. The number of rotatable bonds is 4. The molecular weight excluding hydrogens is 349 g/mol. The van der Waals surface area contributed by atoms with Gasteiger partial charge in [0, 0.05) is 16.0 Å². The minimum absolute atomic E-state index is 0.0816. The molecule has 0 radical (unpaired) electrons. The highest BCUT2D eigenvalue weighted by molar-refractivity contribution is 9.10. The van der Waals surface area contributed by atoms with Gasteiger partial charge in [-0.25, -0.2) is 0 Å². The Balaban J connectivity index is 2.58. The van der Waals surface area contributed by atoms with Gasteiger partial charge in [0.2, 0.25) is 0 Å². The lowest BCUT2D eigenvalue weighted by Gasteiger charge is -2.22. The molecular formula is C14H18BrCl2NO. The SMILES string of the molecule is CC(C)(C)CC(Cl)CNC(=O)c1cc(Cl)ccc1Br. The maximum atomic E-state index is 12.0. The number of hydrogen-bond acceptors (Lipinski definition) is 1. The number of amides is 1. The molecule has 0 aliphatic rings. The van der Waals surface area contributed by atoms with Crippen molar-refractivity contribution in [3.8, 4) is 0 Å². The molecule has 1 rings (SSSR count). The van der Waals surface area contributed by atoms with Gasteiger partial charge >= 0.3 is 0 Å². The molecule has 0 aliphatic carbocycles. The van der Waals surface area contributed by atoms with Crippen molar-refractivity contribution in [1.82, 2.24) is 5.32 Å². The minimum atomic E-state index is -0.172. The highest BCUT2D eigenvalue weighted by atomic mass is 79.9. The molecule has 0 bridgehead atoms. The van der Waals surface area contributed by atoms with Crippen molar-refractivity contribution >= 4 is 45.0 Å². The summed E-state index contributed by atoms with van der Waals surface area (Å²) in [5, 5.41) is 3.28. The standard InChI is InChI=1S/C14H18BrCl2NO/c1-14(2,3)7-10(17)8-18-13(19)11-6-9(16)4-5-12(11)15/h4-6,10H,7-8H2,1-3H3,(H,18,19). The quantitative estimate of drug-likeness (QED) is 0.756. The summed E-state index contributed by atoms with van der Waals surface area (Å²) in [6.07, 6.45) is 0.839. The van der Waals surface area contributed by atoms with Gasteiger partial charge in [0.15, 0.2) is 0 Å². The highest BCUT2D eigenvalue weighted by Gasteiger charge is 2.18. The van der Waals surface area contributed by atoms with E-state index in [4.69, 9.17) is 23.2 Å². The molecule has 19 heavy (non-hydrogen) atoms. The monoisotopic (exact) mass is 365 g/mol. The fourth-order valence-corrected chi connectivity index (χ4v) is 2.85. The van der Waals surface area contributed by atoms with Crippen molar-refractivity contribution < 1.29 is 4.79 Å². The number of hydrogen-bond donors (Lipinski definition) is 1. The first-order chi connectivity index (χ1) is 8.69. The van der Waals surface area contributed by atoms with E-state index in [0.717, 1.165) is 10.9 Å². The predicted molar refractivity (Wildman–Crippen MR) is 85.2 cm³/mol. The molecule has 0 aliphatic heterocycles. The second-order valence-electron chi connectivity index (χ2n) is 5.70. The van der Waals surface area contributed by atoms with Crippen molar-refractivity contribution in [2.75, 3.05) is 6.54 Å². The second kappa shape index (κ2) is 6.96. The summed E-state index contributed by atoms with van der Waals surface area (Å²) in [6.45, 7) is 6.81. The molecule has 1 aromatic rings. The maximum Gasteiger partial charge on any atom is 0.252 e. The van der Waals surface area contributed by atoms with Crippen LogP contribution in [0.2, 0.25) is 5.02 Å².